The molecule has 0 heterocycles. The minimum Gasteiger partial charge on any atom is -0.298 e. The van der Waals surface area contributed by atoms with E-state index >= 15 is 0 Å². The lowest BCUT2D eigenvalue weighted by Crippen LogP contribution is -2.27. The highest BCUT2D eigenvalue weighted by atomic mass is 31.1. The van der Waals surface area contributed by atoms with Crippen molar-refractivity contribution >= 4 is 60.2 Å². The second-order valence-corrected chi connectivity index (χ2v) is 14.1. The lowest BCUT2D eigenvalue weighted by Gasteiger charge is -2.28. The first-order chi connectivity index (χ1) is 20.8. The van der Waals surface area contributed by atoms with E-state index in [9.17, 15) is 9.59 Å². The summed E-state index contributed by atoms with van der Waals surface area (Å²) in [6, 6.07) is 53.8. The van der Waals surface area contributed by atoms with Crippen LogP contribution < -0.4 is 31.8 Å². The molecule has 0 atom stereocenters. The zero-order valence-electron chi connectivity index (χ0n) is 22.9. The summed E-state index contributed by atoms with van der Waals surface area (Å²) in [6.07, 6.45) is 1.86. The van der Waals surface area contributed by atoms with Gasteiger partial charge < -0.3 is 0 Å². The van der Waals surface area contributed by atoms with Gasteiger partial charge in [-0.1, -0.05) is 158 Å². The largest absolute Gasteiger partial charge is 0.298 e. The summed E-state index contributed by atoms with van der Waals surface area (Å²) in [4.78, 5) is 25.6. The van der Waals surface area contributed by atoms with Gasteiger partial charge in [0.05, 0.1) is 0 Å². The topological polar surface area (TPSA) is 34.1 Å². The Morgan fingerprint density at radius 1 is 0.333 bits per heavy atom. The average molecular weight is 579 g/mol. The van der Waals surface area contributed by atoms with Crippen molar-refractivity contribution in [1.82, 2.24) is 0 Å². The lowest BCUT2D eigenvalue weighted by molar-refractivity contribution is 0.111. The molecule has 42 heavy (non-hydrogen) atoms. The second kappa shape index (κ2) is 13.0. The molecule has 0 saturated carbocycles. The first-order valence-electron chi connectivity index (χ1n) is 13.8. The Kier molecular flexibility index (Phi) is 8.57. The van der Waals surface area contributed by atoms with Crippen molar-refractivity contribution in [2.45, 2.75) is 0 Å². The zero-order chi connectivity index (χ0) is 28.7. The summed E-state index contributed by atoms with van der Waals surface area (Å²) in [5.74, 6) is 0. The Morgan fingerprint density at radius 3 is 0.881 bits per heavy atom. The molecule has 202 valence electrons. The summed E-state index contributed by atoms with van der Waals surface area (Å²) < 4.78 is 0. The number of aldehydes is 2. The number of hydrogen-bond donors (Lipinski definition) is 0. The molecule has 0 aliphatic rings. The molecule has 4 heteroatoms. The van der Waals surface area contributed by atoms with E-state index in [1.54, 1.807) is 0 Å². The average Bonchev–Trinajstić information content (AvgIpc) is 3.07. The third-order valence-electron chi connectivity index (χ3n) is 7.19. The van der Waals surface area contributed by atoms with Gasteiger partial charge in [-0.05, 0) is 47.7 Å². The smallest absolute Gasteiger partial charge is 0.150 e. The van der Waals surface area contributed by atoms with Crippen molar-refractivity contribution < 1.29 is 9.59 Å². The Labute approximate surface area is 249 Å². The molecule has 0 aliphatic heterocycles. The molecule has 0 aliphatic carbocycles. The Morgan fingerprint density at radius 2 is 0.619 bits per heavy atom. The van der Waals surface area contributed by atoms with Gasteiger partial charge in [-0.25, -0.2) is 0 Å². The Bertz CT molecular complexity index is 1590. The maximum Gasteiger partial charge on any atom is 0.150 e. The van der Waals surface area contributed by atoms with Gasteiger partial charge in [0.25, 0.3) is 0 Å². The van der Waals surface area contributed by atoms with Crippen LogP contribution in [0.15, 0.2) is 158 Å². The molecule has 0 saturated heterocycles. The molecule has 0 unspecified atom stereocenters. The van der Waals surface area contributed by atoms with Crippen LogP contribution in [0.4, 0.5) is 0 Å². The monoisotopic (exact) mass is 578 g/mol. The summed E-state index contributed by atoms with van der Waals surface area (Å²) in [5, 5.41) is 6.84. The number of carbonyl (C=O) groups excluding carboxylic acids is 2. The van der Waals surface area contributed by atoms with Crippen LogP contribution in [0, 0.1) is 0 Å². The van der Waals surface area contributed by atoms with Crippen LogP contribution in [0.3, 0.4) is 0 Å². The fraction of sp³-hybridized carbons (Fsp3) is 0. The highest BCUT2D eigenvalue weighted by Gasteiger charge is 2.28. The third-order valence-corrected chi connectivity index (χ3v) is 12.2. The predicted molar refractivity (Wildman–Crippen MR) is 180 cm³/mol. The van der Waals surface area contributed by atoms with Crippen molar-refractivity contribution in [3.8, 4) is 11.1 Å². The SMILES string of the molecule is O=Cc1cccc(P(c2ccccc2)c2ccccc2)c1-c1c(C=O)cccc1P(c1ccccc1)c1ccccc1. The highest BCUT2D eigenvalue weighted by molar-refractivity contribution is 7.80. The maximum absolute atomic E-state index is 12.8. The molecule has 6 aromatic rings. The molecular weight excluding hydrogens is 550 g/mol. The standard InChI is InChI=1S/C38H28O2P2/c39-27-29-15-13-25-35(41(31-17-5-1-6-18-31)32-19-7-2-8-20-32)37(29)38-30(28-40)16-14-26-36(38)42(33-21-9-3-10-22-33)34-23-11-4-12-24-34/h1-28H. The van der Waals surface area contributed by atoms with Crippen LogP contribution in [0.25, 0.3) is 11.1 Å². The quantitative estimate of drug-likeness (QED) is 0.145. The van der Waals surface area contributed by atoms with Crippen molar-refractivity contribution in [1.29, 1.82) is 0 Å². The number of carbonyl (C=O) groups is 2. The summed E-state index contributed by atoms with van der Waals surface area (Å²) in [7, 11) is -2.08. The fourth-order valence-electron chi connectivity index (χ4n) is 5.39. The molecular formula is C38H28O2P2. The van der Waals surface area contributed by atoms with Crippen LogP contribution in [-0.4, -0.2) is 12.6 Å². The zero-order valence-corrected chi connectivity index (χ0v) is 24.7. The van der Waals surface area contributed by atoms with Crippen LogP contribution in [0.2, 0.25) is 0 Å². The number of benzene rings is 6. The number of rotatable bonds is 9. The van der Waals surface area contributed by atoms with E-state index in [1.165, 1.54) is 21.2 Å². The molecule has 0 N–H and O–H groups in total. The minimum atomic E-state index is -1.04. The Hall–Kier alpha value is -4.48. The van der Waals surface area contributed by atoms with Gasteiger partial charge in [-0.2, -0.15) is 0 Å². The van der Waals surface area contributed by atoms with E-state index in [0.717, 1.165) is 34.3 Å². The maximum atomic E-state index is 12.8. The summed E-state index contributed by atoms with van der Waals surface area (Å²) in [5.41, 5.74) is 2.84. The van der Waals surface area contributed by atoms with Crippen LogP contribution in [0.1, 0.15) is 20.7 Å². The van der Waals surface area contributed by atoms with Gasteiger partial charge in [-0.3, -0.25) is 9.59 Å². The number of hydrogen-bond acceptors (Lipinski definition) is 2. The van der Waals surface area contributed by atoms with Gasteiger partial charge >= 0.3 is 0 Å². The van der Waals surface area contributed by atoms with Gasteiger partial charge in [0.2, 0.25) is 0 Å². The van der Waals surface area contributed by atoms with Crippen LogP contribution in [0.5, 0.6) is 0 Å². The predicted octanol–water partition coefficient (Wildman–Crippen LogP) is 6.50. The van der Waals surface area contributed by atoms with E-state index in [2.05, 4.69) is 109 Å². The van der Waals surface area contributed by atoms with Crippen LogP contribution in [-0.2, 0) is 0 Å². The van der Waals surface area contributed by atoms with Crippen LogP contribution >= 0.6 is 15.8 Å². The molecule has 0 fully saturated rings. The molecule has 0 aromatic heterocycles. The first-order valence-corrected chi connectivity index (χ1v) is 16.5. The summed E-state index contributed by atoms with van der Waals surface area (Å²) >= 11 is 0. The first kappa shape index (κ1) is 27.7. The van der Waals surface area contributed by atoms with Crippen molar-refractivity contribution in [2.24, 2.45) is 0 Å². The summed E-state index contributed by atoms with van der Waals surface area (Å²) in [6.45, 7) is 0. The second-order valence-electron chi connectivity index (χ2n) is 9.73. The normalized spacial score (nSPS) is 11.0. The van der Waals surface area contributed by atoms with Gasteiger partial charge in [0.15, 0.2) is 12.6 Å². The van der Waals surface area contributed by atoms with E-state index < -0.39 is 15.8 Å². The molecule has 6 rings (SSSR count). The highest BCUT2D eigenvalue weighted by Crippen LogP contribution is 2.42. The molecule has 0 radical (unpaired) electrons. The van der Waals surface area contributed by atoms with Crippen molar-refractivity contribution in [3.05, 3.63) is 169 Å². The van der Waals surface area contributed by atoms with Crippen molar-refractivity contribution in [3.63, 3.8) is 0 Å². The minimum absolute atomic E-state index is 0.582. The van der Waals surface area contributed by atoms with Gasteiger partial charge in [-0.15, -0.1) is 0 Å². The van der Waals surface area contributed by atoms with E-state index in [1.807, 2.05) is 48.5 Å². The molecule has 2 nitrogen and oxygen atoms in total. The molecule has 0 amide bonds. The van der Waals surface area contributed by atoms with E-state index in [-0.39, 0.29) is 0 Å². The Balaban J connectivity index is 1.70. The molecule has 6 aromatic carbocycles. The van der Waals surface area contributed by atoms with E-state index in [0.29, 0.717) is 11.1 Å². The fourth-order valence-corrected chi connectivity index (χ4v) is 10.4. The van der Waals surface area contributed by atoms with E-state index in [4.69, 9.17) is 0 Å². The van der Waals surface area contributed by atoms with Gasteiger partial charge in [0, 0.05) is 22.3 Å². The lowest BCUT2D eigenvalue weighted by atomic mass is 9.96. The van der Waals surface area contributed by atoms with Crippen molar-refractivity contribution in [2.75, 3.05) is 0 Å². The van der Waals surface area contributed by atoms with Gasteiger partial charge in [0.1, 0.15) is 0 Å². The molecule has 0 bridgehead atoms. The third kappa shape index (κ3) is 5.53. The molecule has 0 spiro atoms.